The number of carbonyl (C=O) groups is 3. The Hall–Kier alpha value is -2.83. The van der Waals surface area contributed by atoms with Gasteiger partial charge in [-0.3, -0.25) is 14.2 Å². The Morgan fingerprint density at radius 3 is 2.10 bits per heavy atom. The summed E-state index contributed by atoms with van der Waals surface area (Å²) in [5.41, 5.74) is 6.99. The van der Waals surface area contributed by atoms with E-state index in [1.165, 1.54) is 4.57 Å². The Morgan fingerprint density at radius 1 is 1.10 bits per heavy atom. The molecule has 21 heavy (non-hydrogen) atoms. The number of primary amides is 1. The summed E-state index contributed by atoms with van der Waals surface area (Å²) >= 11 is 0. The molecule has 1 amide bonds. The van der Waals surface area contributed by atoms with Crippen molar-refractivity contribution in [3.8, 4) is 0 Å². The topological polar surface area (TPSA) is 123 Å². The first kappa shape index (κ1) is 16.2. The van der Waals surface area contributed by atoms with Crippen molar-refractivity contribution >= 4 is 28.9 Å². The monoisotopic (exact) mass is 292 g/mol. The lowest BCUT2D eigenvalue weighted by Gasteiger charge is -2.00. The number of aryl methyl sites for hydroxylation is 1. The van der Waals surface area contributed by atoms with Crippen LogP contribution in [0.4, 0.5) is 4.79 Å². The van der Waals surface area contributed by atoms with Crippen LogP contribution in [-0.2, 0) is 9.59 Å². The van der Waals surface area contributed by atoms with Gasteiger partial charge in [0.2, 0.25) is 0 Å². The molecule has 0 fully saturated rings. The van der Waals surface area contributed by atoms with Crippen molar-refractivity contribution in [1.82, 2.24) is 4.57 Å². The quantitative estimate of drug-likeness (QED) is 0.796. The minimum Gasteiger partial charge on any atom is -0.481 e. The van der Waals surface area contributed by atoms with E-state index in [2.05, 4.69) is 0 Å². The van der Waals surface area contributed by atoms with E-state index < -0.39 is 18.0 Å². The maximum atomic E-state index is 11.1. The number of para-hydroxylation sites is 1. The number of nitrogens with zero attached hydrogens (tertiary/aromatic N) is 1. The molecule has 0 aliphatic heterocycles. The number of fused-ring (bicyclic) bond motifs is 1. The Morgan fingerprint density at radius 2 is 1.62 bits per heavy atom. The molecular formula is C14H16N2O5. The first-order valence-electron chi connectivity index (χ1n) is 6.13. The van der Waals surface area contributed by atoms with Crippen LogP contribution in [0.1, 0.15) is 18.5 Å². The van der Waals surface area contributed by atoms with E-state index >= 15 is 0 Å². The highest BCUT2D eigenvalue weighted by Crippen LogP contribution is 2.17. The van der Waals surface area contributed by atoms with Gasteiger partial charge in [0.1, 0.15) is 0 Å². The maximum absolute atomic E-state index is 11.1. The van der Waals surface area contributed by atoms with Crippen molar-refractivity contribution < 1.29 is 24.6 Å². The van der Waals surface area contributed by atoms with E-state index in [-0.39, 0.29) is 12.8 Å². The molecule has 0 spiro atoms. The van der Waals surface area contributed by atoms with Gasteiger partial charge in [-0.05, 0) is 19.1 Å². The standard InChI is InChI=1S/C10H10N2O.C4H6O4/c1-7-6-8-4-2-3-5-9(8)12(7)10(11)13;5-3(6)1-2-4(7)8/h2-6H,1H3,(H2,11,13);1-2H2,(H,5,6)(H,7,8). The number of hydrogen-bond donors (Lipinski definition) is 3. The van der Waals surface area contributed by atoms with Gasteiger partial charge in [0.25, 0.3) is 0 Å². The van der Waals surface area contributed by atoms with Crippen LogP contribution in [0.2, 0.25) is 0 Å². The lowest BCUT2D eigenvalue weighted by Crippen LogP contribution is -2.20. The fraction of sp³-hybridized carbons (Fsp3) is 0.214. The lowest BCUT2D eigenvalue weighted by molar-refractivity contribution is -0.143. The number of hydrogen-bond acceptors (Lipinski definition) is 3. The number of carboxylic acids is 2. The summed E-state index contributed by atoms with van der Waals surface area (Å²) in [7, 11) is 0. The van der Waals surface area contributed by atoms with Crippen LogP contribution in [-0.4, -0.2) is 32.7 Å². The number of carboxylic acid groups (broad SMARTS) is 2. The Kier molecular flexibility index (Phi) is 5.48. The Labute approximate surface area is 120 Å². The molecule has 2 aromatic rings. The smallest absolute Gasteiger partial charge is 0.323 e. The SMILES string of the molecule is Cc1cc2ccccc2n1C(N)=O.O=C(O)CCC(=O)O. The number of nitrogens with two attached hydrogens (primary N) is 1. The van der Waals surface area contributed by atoms with E-state index in [4.69, 9.17) is 15.9 Å². The number of carbonyl (C=O) groups excluding carboxylic acids is 1. The maximum Gasteiger partial charge on any atom is 0.323 e. The van der Waals surface area contributed by atoms with Crippen molar-refractivity contribution in [2.24, 2.45) is 5.73 Å². The van der Waals surface area contributed by atoms with Crippen LogP contribution in [0.3, 0.4) is 0 Å². The average Bonchev–Trinajstić information content (AvgIpc) is 2.73. The van der Waals surface area contributed by atoms with Crippen LogP contribution in [0.5, 0.6) is 0 Å². The van der Waals surface area contributed by atoms with Crippen LogP contribution >= 0.6 is 0 Å². The van der Waals surface area contributed by atoms with Crippen LogP contribution < -0.4 is 5.73 Å². The molecular weight excluding hydrogens is 276 g/mol. The zero-order valence-electron chi connectivity index (χ0n) is 11.4. The van der Waals surface area contributed by atoms with E-state index in [1.54, 1.807) is 0 Å². The highest BCUT2D eigenvalue weighted by Gasteiger charge is 2.07. The molecule has 0 radical (unpaired) electrons. The van der Waals surface area contributed by atoms with E-state index in [0.717, 1.165) is 16.6 Å². The molecule has 0 aliphatic rings. The normalized spacial score (nSPS) is 9.76. The van der Waals surface area contributed by atoms with E-state index in [0.29, 0.717) is 0 Å². The number of aliphatic carboxylic acids is 2. The van der Waals surface area contributed by atoms with Gasteiger partial charge in [-0.2, -0.15) is 0 Å². The fourth-order valence-corrected chi connectivity index (χ4v) is 1.80. The van der Waals surface area contributed by atoms with Crippen molar-refractivity contribution in [2.45, 2.75) is 19.8 Å². The van der Waals surface area contributed by atoms with Gasteiger partial charge >= 0.3 is 18.0 Å². The fourth-order valence-electron chi connectivity index (χ4n) is 1.80. The second-order valence-corrected chi connectivity index (χ2v) is 4.31. The molecule has 1 heterocycles. The molecule has 7 heteroatoms. The van der Waals surface area contributed by atoms with E-state index in [1.807, 2.05) is 37.3 Å². The Balaban J connectivity index is 0.000000240. The van der Waals surface area contributed by atoms with Gasteiger partial charge in [0.05, 0.1) is 18.4 Å². The van der Waals surface area contributed by atoms with Gasteiger partial charge in [-0.1, -0.05) is 18.2 Å². The largest absolute Gasteiger partial charge is 0.481 e. The number of rotatable bonds is 3. The first-order valence-corrected chi connectivity index (χ1v) is 6.13. The second-order valence-electron chi connectivity index (χ2n) is 4.31. The Bertz CT molecular complexity index is 661. The molecule has 7 nitrogen and oxygen atoms in total. The molecule has 0 saturated carbocycles. The van der Waals surface area contributed by atoms with Crippen molar-refractivity contribution in [3.63, 3.8) is 0 Å². The average molecular weight is 292 g/mol. The van der Waals surface area contributed by atoms with Gasteiger partial charge < -0.3 is 15.9 Å². The molecule has 1 aromatic carbocycles. The van der Waals surface area contributed by atoms with Crippen LogP contribution in [0.25, 0.3) is 10.9 Å². The minimum absolute atomic E-state index is 0.296. The van der Waals surface area contributed by atoms with Crippen LogP contribution in [0, 0.1) is 6.92 Å². The summed E-state index contributed by atoms with van der Waals surface area (Å²) in [6, 6.07) is 9.18. The first-order chi connectivity index (χ1) is 9.82. The van der Waals surface area contributed by atoms with Gasteiger partial charge in [-0.15, -0.1) is 0 Å². The molecule has 0 aliphatic carbocycles. The number of amides is 1. The summed E-state index contributed by atoms with van der Waals surface area (Å²) in [6.45, 7) is 1.87. The molecule has 1 aromatic heterocycles. The highest BCUT2D eigenvalue weighted by molar-refractivity contribution is 5.92. The minimum atomic E-state index is -1.08. The van der Waals surface area contributed by atoms with Crippen molar-refractivity contribution in [1.29, 1.82) is 0 Å². The van der Waals surface area contributed by atoms with Crippen LogP contribution in [0.15, 0.2) is 30.3 Å². The molecule has 112 valence electrons. The van der Waals surface area contributed by atoms with Gasteiger partial charge in [-0.25, -0.2) is 4.79 Å². The molecule has 0 unspecified atom stereocenters. The third kappa shape index (κ3) is 4.64. The predicted octanol–water partition coefficient (Wildman–Crippen LogP) is 1.81. The van der Waals surface area contributed by atoms with Crippen molar-refractivity contribution in [3.05, 3.63) is 36.0 Å². The molecule has 0 saturated heterocycles. The van der Waals surface area contributed by atoms with Gasteiger partial charge in [0, 0.05) is 11.1 Å². The zero-order valence-corrected chi connectivity index (χ0v) is 11.4. The molecule has 0 bridgehead atoms. The molecule has 2 rings (SSSR count). The second kappa shape index (κ2) is 7.09. The van der Waals surface area contributed by atoms with Gasteiger partial charge in [0.15, 0.2) is 0 Å². The predicted molar refractivity (Wildman–Crippen MR) is 76.2 cm³/mol. The number of benzene rings is 1. The summed E-state index contributed by atoms with van der Waals surface area (Å²) in [6.07, 6.45) is -0.593. The summed E-state index contributed by atoms with van der Waals surface area (Å²) < 4.78 is 1.51. The molecule has 0 atom stereocenters. The number of aromatic nitrogens is 1. The third-order valence-electron chi connectivity index (χ3n) is 2.67. The summed E-state index contributed by atoms with van der Waals surface area (Å²) in [5, 5.41) is 16.8. The third-order valence-corrected chi connectivity index (χ3v) is 2.67. The van der Waals surface area contributed by atoms with E-state index in [9.17, 15) is 14.4 Å². The molecule has 4 N–H and O–H groups in total. The summed E-state index contributed by atoms with van der Waals surface area (Å²) in [4.78, 5) is 30.4. The summed E-state index contributed by atoms with van der Waals surface area (Å²) in [5.74, 6) is -2.15. The van der Waals surface area contributed by atoms with Crippen molar-refractivity contribution in [2.75, 3.05) is 0 Å². The zero-order chi connectivity index (χ0) is 16.0. The lowest BCUT2D eigenvalue weighted by atomic mass is 10.2. The highest BCUT2D eigenvalue weighted by atomic mass is 16.4.